The summed E-state index contributed by atoms with van der Waals surface area (Å²) in [6, 6.07) is 21.5. The van der Waals surface area contributed by atoms with Crippen LogP contribution in [0.2, 0.25) is 0 Å². The van der Waals surface area contributed by atoms with Gasteiger partial charge in [0.05, 0.1) is 11.2 Å². The molecule has 2 heterocycles. The fraction of sp³-hybridized carbons (Fsp3) is 0.261. The van der Waals surface area contributed by atoms with Gasteiger partial charge < -0.3 is 0 Å². The van der Waals surface area contributed by atoms with E-state index >= 15 is 0 Å². The first-order valence-corrected chi connectivity index (χ1v) is 9.31. The van der Waals surface area contributed by atoms with Gasteiger partial charge in [-0.2, -0.15) is 5.10 Å². The summed E-state index contributed by atoms with van der Waals surface area (Å²) >= 11 is 0. The van der Waals surface area contributed by atoms with E-state index in [0.717, 1.165) is 31.4 Å². The Morgan fingerprint density at radius 2 is 1.48 bits per heavy atom. The summed E-state index contributed by atoms with van der Waals surface area (Å²) < 4.78 is 2.21. The van der Waals surface area contributed by atoms with Gasteiger partial charge in [0.2, 0.25) is 0 Å². The van der Waals surface area contributed by atoms with Crippen molar-refractivity contribution in [2.45, 2.75) is 39.5 Å². The van der Waals surface area contributed by atoms with Gasteiger partial charge in [0.15, 0.2) is 0 Å². The molecule has 0 saturated heterocycles. The zero-order valence-corrected chi connectivity index (χ0v) is 15.0. The maximum atomic E-state index is 5.01. The van der Waals surface area contributed by atoms with E-state index in [1.54, 1.807) is 0 Å². The summed E-state index contributed by atoms with van der Waals surface area (Å²) in [6.07, 6.45) is 4.45. The third kappa shape index (κ3) is 2.72. The summed E-state index contributed by atoms with van der Waals surface area (Å²) in [6.45, 7) is 4.51. The highest BCUT2D eigenvalue weighted by Gasteiger charge is 2.16. The van der Waals surface area contributed by atoms with Crippen LogP contribution in [0.3, 0.4) is 0 Å². The van der Waals surface area contributed by atoms with Crippen molar-refractivity contribution in [3.8, 4) is 11.3 Å². The Bertz CT molecular complexity index is 1010. The van der Waals surface area contributed by atoms with Crippen LogP contribution in [0.25, 0.3) is 27.5 Å². The molecular weight excluding hydrogens is 304 g/mol. The first-order chi connectivity index (χ1) is 12.3. The average molecular weight is 328 g/mol. The predicted octanol–water partition coefficient (Wildman–Crippen LogP) is 6.06. The van der Waals surface area contributed by atoms with Gasteiger partial charge in [-0.25, -0.2) is 4.52 Å². The Morgan fingerprint density at radius 3 is 2.20 bits per heavy atom. The normalized spacial score (nSPS) is 11.4. The van der Waals surface area contributed by atoms with Gasteiger partial charge in [-0.1, -0.05) is 81.3 Å². The Labute approximate surface area is 149 Å². The molecule has 0 unspecified atom stereocenters. The van der Waals surface area contributed by atoms with Crippen LogP contribution >= 0.6 is 0 Å². The van der Waals surface area contributed by atoms with Gasteiger partial charge in [0.25, 0.3) is 0 Å². The topological polar surface area (TPSA) is 17.3 Å². The second-order valence-electron chi connectivity index (χ2n) is 6.66. The van der Waals surface area contributed by atoms with Crippen molar-refractivity contribution in [3.05, 3.63) is 71.9 Å². The summed E-state index contributed by atoms with van der Waals surface area (Å²) in [5, 5.41) is 7.71. The lowest BCUT2D eigenvalue weighted by molar-refractivity contribution is 0.779. The van der Waals surface area contributed by atoms with Crippen molar-refractivity contribution in [1.82, 2.24) is 9.61 Å². The fourth-order valence-electron chi connectivity index (χ4n) is 3.80. The quantitative estimate of drug-likeness (QED) is 0.435. The van der Waals surface area contributed by atoms with E-state index in [9.17, 15) is 0 Å². The second kappa shape index (κ2) is 6.72. The molecule has 2 aromatic carbocycles. The number of aryl methyl sites for hydroxylation is 2. The number of hydrogen-bond acceptors (Lipinski definition) is 1. The first kappa shape index (κ1) is 15.9. The van der Waals surface area contributed by atoms with E-state index < -0.39 is 0 Å². The van der Waals surface area contributed by atoms with Crippen molar-refractivity contribution in [3.63, 3.8) is 0 Å². The van der Waals surface area contributed by atoms with Crippen LogP contribution in [-0.2, 0) is 12.8 Å². The highest BCUT2D eigenvalue weighted by Crippen LogP contribution is 2.31. The van der Waals surface area contributed by atoms with Gasteiger partial charge in [-0.15, -0.1) is 0 Å². The number of nitrogens with zero attached hydrogens (tertiary/aromatic N) is 2. The summed E-state index contributed by atoms with van der Waals surface area (Å²) in [7, 11) is 0. The van der Waals surface area contributed by atoms with E-state index in [4.69, 9.17) is 5.10 Å². The smallest absolute Gasteiger partial charge is 0.0934 e. The minimum absolute atomic E-state index is 1.05. The molecular formula is C23H24N2. The molecule has 0 radical (unpaired) electrons. The lowest BCUT2D eigenvalue weighted by atomic mass is 9.97. The Kier molecular flexibility index (Phi) is 4.27. The highest BCUT2D eigenvalue weighted by molar-refractivity contribution is 5.99. The lowest BCUT2D eigenvalue weighted by Gasteiger charge is -2.15. The third-order valence-electron chi connectivity index (χ3n) is 4.90. The van der Waals surface area contributed by atoms with Crippen molar-refractivity contribution < 1.29 is 0 Å². The summed E-state index contributed by atoms with van der Waals surface area (Å²) in [5.41, 5.74) is 6.29. The monoisotopic (exact) mass is 328 g/mol. The van der Waals surface area contributed by atoms with E-state index in [0.29, 0.717) is 0 Å². The molecule has 2 aromatic heterocycles. The van der Waals surface area contributed by atoms with Gasteiger partial charge in [0.1, 0.15) is 0 Å². The molecule has 0 spiro atoms. The van der Waals surface area contributed by atoms with E-state index in [-0.39, 0.29) is 0 Å². The van der Waals surface area contributed by atoms with Crippen LogP contribution in [0.1, 0.15) is 37.9 Å². The minimum atomic E-state index is 1.05. The molecule has 4 aromatic rings. The van der Waals surface area contributed by atoms with Crippen molar-refractivity contribution in [2.24, 2.45) is 0 Å². The van der Waals surface area contributed by atoms with Gasteiger partial charge in [-0.3, -0.25) is 0 Å². The van der Waals surface area contributed by atoms with Crippen LogP contribution < -0.4 is 0 Å². The molecule has 2 nitrogen and oxygen atoms in total. The van der Waals surface area contributed by atoms with Crippen LogP contribution in [0.15, 0.2) is 60.7 Å². The lowest BCUT2D eigenvalue weighted by Crippen LogP contribution is -2.06. The van der Waals surface area contributed by atoms with E-state index in [1.807, 2.05) is 0 Å². The van der Waals surface area contributed by atoms with Gasteiger partial charge in [0, 0.05) is 16.6 Å². The second-order valence-corrected chi connectivity index (χ2v) is 6.66. The molecule has 4 rings (SSSR count). The van der Waals surface area contributed by atoms with Crippen molar-refractivity contribution in [1.29, 1.82) is 0 Å². The highest BCUT2D eigenvalue weighted by atomic mass is 15.2. The van der Waals surface area contributed by atoms with Gasteiger partial charge >= 0.3 is 0 Å². The van der Waals surface area contributed by atoms with Crippen LogP contribution in [0.5, 0.6) is 0 Å². The number of rotatable bonds is 5. The minimum Gasteiger partial charge on any atom is -0.236 e. The molecule has 0 N–H and O–H groups in total. The maximum absolute atomic E-state index is 5.01. The first-order valence-electron chi connectivity index (χ1n) is 9.31. The molecule has 2 heteroatoms. The number of pyridine rings is 1. The SMILES string of the molecule is CCCc1c(CCC)n2nc(-c3ccccc3)cc2c2ccccc12. The third-order valence-corrected chi connectivity index (χ3v) is 4.90. The van der Waals surface area contributed by atoms with Gasteiger partial charge in [-0.05, 0) is 29.9 Å². The van der Waals surface area contributed by atoms with E-state index in [2.05, 4.69) is 79.0 Å². The molecule has 0 aliphatic rings. The van der Waals surface area contributed by atoms with Crippen LogP contribution in [0.4, 0.5) is 0 Å². The molecule has 0 atom stereocenters. The average Bonchev–Trinajstić information content (AvgIpc) is 3.11. The fourth-order valence-corrected chi connectivity index (χ4v) is 3.80. The Hall–Kier alpha value is -2.61. The van der Waals surface area contributed by atoms with Crippen LogP contribution in [0, 0.1) is 0 Å². The number of benzene rings is 2. The molecule has 0 amide bonds. The zero-order chi connectivity index (χ0) is 17.2. The van der Waals surface area contributed by atoms with Crippen molar-refractivity contribution >= 4 is 16.3 Å². The molecule has 0 aliphatic carbocycles. The van der Waals surface area contributed by atoms with E-state index in [1.165, 1.54) is 33.1 Å². The molecule has 0 bridgehead atoms. The standard InChI is InChI=1S/C23H24N2/c1-3-10-19-18-14-8-9-15-20(18)23-16-21(17-12-6-5-7-13-17)24-25(23)22(19)11-4-2/h5-9,12-16H,3-4,10-11H2,1-2H3. The number of fused-ring (bicyclic) bond motifs is 3. The summed E-state index contributed by atoms with van der Waals surface area (Å²) in [4.78, 5) is 0. The number of aromatic nitrogens is 2. The number of hydrogen-bond donors (Lipinski definition) is 0. The zero-order valence-electron chi connectivity index (χ0n) is 15.0. The van der Waals surface area contributed by atoms with Crippen molar-refractivity contribution in [2.75, 3.05) is 0 Å². The summed E-state index contributed by atoms with van der Waals surface area (Å²) in [5.74, 6) is 0. The molecule has 0 saturated carbocycles. The molecule has 0 fully saturated rings. The maximum Gasteiger partial charge on any atom is 0.0934 e. The van der Waals surface area contributed by atoms with Crippen LogP contribution in [-0.4, -0.2) is 9.61 Å². The molecule has 25 heavy (non-hydrogen) atoms. The Morgan fingerprint density at radius 1 is 0.800 bits per heavy atom. The largest absolute Gasteiger partial charge is 0.236 e. The molecule has 0 aliphatic heterocycles. The molecule has 126 valence electrons. The Balaban J connectivity index is 2.08. The predicted molar refractivity (Wildman–Crippen MR) is 106 cm³/mol.